The quantitative estimate of drug-likeness (QED) is 0.876. The standard InChI is InChI=1S/C18H29N3O/c1-5-21-11-10-17(14(4)12-21)19-15-6-8-16(9-7-15)20-18(22)13(2)3/h6-9,13-14,17,19H,5,10-12H2,1-4H3,(H,20,22). The Kier molecular flexibility index (Phi) is 5.83. The average Bonchev–Trinajstić information content (AvgIpc) is 2.51. The number of carbonyl (C=O) groups excluding carboxylic acids is 1. The highest BCUT2D eigenvalue weighted by Gasteiger charge is 2.24. The van der Waals surface area contributed by atoms with Gasteiger partial charge in [-0.15, -0.1) is 0 Å². The number of hydrogen-bond acceptors (Lipinski definition) is 3. The van der Waals surface area contributed by atoms with Gasteiger partial charge in [0.25, 0.3) is 0 Å². The van der Waals surface area contributed by atoms with Crippen LogP contribution < -0.4 is 10.6 Å². The van der Waals surface area contributed by atoms with Crippen LogP contribution in [0.2, 0.25) is 0 Å². The normalized spacial score (nSPS) is 22.6. The summed E-state index contributed by atoms with van der Waals surface area (Å²) in [4.78, 5) is 14.2. The lowest BCUT2D eigenvalue weighted by Gasteiger charge is -2.37. The fourth-order valence-electron chi connectivity index (χ4n) is 2.88. The fraction of sp³-hybridized carbons (Fsp3) is 0.611. The predicted molar refractivity (Wildman–Crippen MR) is 93.2 cm³/mol. The van der Waals surface area contributed by atoms with Crippen LogP contribution in [0.25, 0.3) is 0 Å². The molecule has 2 N–H and O–H groups in total. The molecule has 4 nitrogen and oxygen atoms in total. The molecule has 0 aliphatic carbocycles. The number of nitrogens with one attached hydrogen (secondary N) is 2. The molecule has 2 atom stereocenters. The second-order valence-corrected chi connectivity index (χ2v) is 6.63. The van der Waals surface area contributed by atoms with Crippen molar-refractivity contribution in [1.82, 2.24) is 4.90 Å². The second-order valence-electron chi connectivity index (χ2n) is 6.63. The maximum absolute atomic E-state index is 11.7. The van der Waals surface area contributed by atoms with Gasteiger partial charge in [0.05, 0.1) is 0 Å². The van der Waals surface area contributed by atoms with Crippen molar-refractivity contribution >= 4 is 17.3 Å². The number of benzene rings is 1. The molecule has 2 rings (SSSR count). The monoisotopic (exact) mass is 303 g/mol. The van der Waals surface area contributed by atoms with Crippen molar-refractivity contribution in [2.45, 2.75) is 40.2 Å². The number of amides is 1. The molecule has 1 aliphatic heterocycles. The van der Waals surface area contributed by atoms with E-state index in [4.69, 9.17) is 0 Å². The van der Waals surface area contributed by atoms with Crippen molar-refractivity contribution in [3.05, 3.63) is 24.3 Å². The zero-order valence-electron chi connectivity index (χ0n) is 14.2. The van der Waals surface area contributed by atoms with Crippen LogP contribution in [0, 0.1) is 11.8 Å². The summed E-state index contributed by atoms with van der Waals surface area (Å²) >= 11 is 0. The molecule has 0 bridgehead atoms. The van der Waals surface area contributed by atoms with E-state index in [1.165, 1.54) is 13.0 Å². The Balaban J connectivity index is 1.90. The Morgan fingerprint density at radius 1 is 1.27 bits per heavy atom. The van der Waals surface area contributed by atoms with Crippen LogP contribution >= 0.6 is 0 Å². The van der Waals surface area contributed by atoms with E-state index in [1.807, 2.05) is 26.0 Å². The third-order valence-electron chi connectivity index (χ3n) is 4.47. The average molecular weight is 303 g/mol. The molecular weight excluding hydrogens is 274 g/mol. The van der Waals surface area contributed by atoms with Crippen molar-refractivity contribution in [2.75, 3.05) is 30.3 Å². The Labute approximate surface area is 134 Å². The topological polar surface area (TPSA) is 44.4 Å². The van der Waals surface area contributed by atoms with Gasteiger partial charge in [0.15, 0.2) is 0 Å². The lowest BCUT2D eigenvalue weighted by molar-refractivity contribution is -0.118. The van der Waals surface area contributed by atoms with Gasteiger partial charge in [-0.25, -0.2) is 0 Å². The minimum Gasteiger partial charge on any atom is -0.382 e. The largest absolute Gasteiger partial charge is 0.382 e. The van der Waals surface area contributed by atoms with Crippen molar-refractivity contribution in [3.63, 3.8) is 0 Å². The van der Waals surface area contributed by atoms with Gasteiger partial charge in [-0.3, -0.25) is 4.79 Å². The maximum Gasteiger partial charge on any atom is 0.226 e. The Morgan fingerprint density at radius 2 is 1.91 bits per heavy atom. The maximum atomic E-state index is 11.7. The summed E-state index contributed by atoms with van der Waals surface area (Å²) < 4.78 is 0. The minimum absolute atomic E-state index is 0.00222. The van der Waals surface area contributed by atoms with Crippen molar-refractivity contribution in [3.8, 4) is 0 Å². The molecule has 2 unspecified atom stereocenters. The third-order valence-corrected chi connectivity index (χ3v) is 4.47. The molecule has 1 amide bonds. The zero-order valence-corrected chi connectivity index (χ0v) is 14.2. The van der Waals surface area contributed by atoms with Crippen LogP contribution in [-0.4, -0.2) is 36.5 Å². The highest BCUT2D eigenvalue weighted by Crippen LogP contribution is 2.22. The summed E-state index contributed by atoms with van der Waals surface area (Å²) in [6.07, 6.45) is 1.18. The van der Waals surface area contributed by atoms with Gasteiger partial charge in [-0.05, 0) is 43.1 Å². The van der Waals surface area contributed by atoms with E-state index in [-0.39, 0.29) is 11.8 Å². The van der Waals surface area contributed by atoms with Gasteiger partial charge in [-0.2, -0.15) is 0 Å². The molecule has 122 valence electrons. The van der Waals surface area contributed by atoms with Crippen LogP contribution in [0.1, 0.15) is 34.1 Å². The predicted octanol–water partition coefficient (Wildman–Crippen LogP) is 3.42. The van der Waals surface area contributed by atoms with Crippen LogP contribution in [0.3, 0.4) is 0 Å². The van der Waals surface area contributed by atoms with E-state index in [0.29, 0.717) is 12.0 Å². The number of anilines is 2. The van der Waals surface area contributed by atoms with Gasteiger partial charge in [0, 0.05) is 36.4 Å². The fourth-order valence-corrected chi connectivity index (χ4v) is 2.88. The SMILES string of the molecule is CCN1CCC(Nc2ccc(NC(=O)C(C)C)cc2)C(C)C1. The smallest absolute Gasteiger partial charge is 0.226 e. The minimum atomic E-state index is 0.00222. The van der Waals surface area contributed by atoms with E-state index in [1.54, 1.807) is 0 Å². The zero-order chi connectivity index (χ0) is 16.1. The Hall–Kier alpha value is -1.55. The molecule has 1 aromatic rings. The van der Waals surface area contributed by atoms with Crippen LogP contribution in [-0.2, 0) is 4.79 Å². The number of hydrogen-bond donors (Lipinski definition) is 2. The van der Waals surface area contributed by atoms with Crippen molar-refractivity contribution in [1.29, 1.82) is 0 Å². The number of carbonyl (C=O) groups is 1. The van der Waals surface area contributed by atoms with E-state index in [9.17, 15) is 4.79 Å². The van der Waals surface area contributed by atoms with Crippen LogP contribution in [0.4, 0.5) is 11.4 Å². The van der Waals surface area contributed by atoms with Crippen molar-refractivity contribution < 1.29 is 4.79 Å². The van der Waals surface area contributed by atoms with Gasteiger partial charge in [-0.1, -0.05) is 27.7 Å². The second kappa shape index (κ2) is 7.63. The van der Waals surface area contributed by atoms with Gasteiger partial charge in [0.1, 0.15) is 0 Å². The lowest BCUT2D eigenvalue weighted by atomic mass is 9.93. The van der Waals surface area contributed by atoms with Crippen molar-refractivity contribution in [2.24, 2.45) is 11.8 Å². The van der Waals surface area contributed by atoms with E-state index in [0.717, 1.165) is 24.5 Å². The summed E-state index contributed by atoms with van der Waals surface area (Å²) in [5, 5.41) is 6.56. The van der Waals surface area contributed by atoms with Gasteiger partial charge >= 0.3 is 0 Å². The molecule has 22 heavy (non-hydrogen) atoms. The molecule has 1 aromatic carbocycles. The van der Waals surface area contributed by atoms with Crippen LogP contribution in [0.5, 0.6) is 0 Å². The third kappa shape index (κ3) is 4.47. The summed E-state index contributed by atoms with van der Waals surface area (Å²) in [6.45, 7) is 11.8. The highest BCUT2D eigenvalue weighted by molar-refractivity contribution is 5.92. The summed E-state index contributed by atoms with van der Waals surface area (Å²) in [5.74, 6) is 0.706. The molecule has 1 aliphatic rings. The Morgan fingerprint density at radius 3 is 2.45 bits per heavy atom. The first kappa shape index (κ1) is 16.8. The van der Waals surface area contributed by atoms with Gasteiger partial charge in [0.2, 0.25) is 5.91 Å². The summed E-state index contributed by atoms with van der Waals surface area (Å²) in [7, 11) is 0. The van der Waals surface area contributed by atoms with E-state index < -0.39 is 0 Å². The summed E-state index contributed by atoms with van der Waals surface area (Å²) in [6, 6.07) is 8.56. The van der Waals surface area contributed by atoms with Crippen LogP contribution in [0.15, 0.2) is 24.3 Å². The molecule has 0 spiro atoms. The molecule has 0 saturated carbocycles. The first-order valence-corrected chi connectivity index (χ1v) is 8.39. The summed E-state index contributed by atoms with van der Waals surface area (Å²) in [5.41, 5.74) is 1.99. The molecule has 4 heteroatoms. The van der Waals surface area contributed by atoms with E-state index >= 15 is 0 Å². The lowest BCUT2D eigenvalue weighted by Crippen LogP contribution is -2.44. The highest BCUT2D eigenvalue weighted by atomic mass is 16.1. The number of nitrogens with zero attached hydrogens (tertiary/aromatic N) is 1. The molecule has 0 aromatic heterocycles. The Bertz CT molecular complexity index is 484. The molecule has 1 heterocycles. The number of piperidine rings is 1. The number of likely N-dealkylation sites (tertiary alicyclic amines) is 1. The number of rotatable bonds is 5. The molecule has 1 fully saturated rings. The molecular formula is C18H29N3O. The van der Waals surface area contributed by atoms with Gasteiger partial charge < -0.3 is 15.5 Å². The first-order chi connectivity index (χ1) is 10.5. The molecule has 1 saturated heterocycles. The molecule has 0 radical (unpaired) electrons. The first-order valence-electron chi connectivity index (χ1n) is 8.39. The van der Waals surface area contributed by atoms with E-state index in [2.05, 4.69) is 41.5 Å².